The average molecular weight is 415 g/mol. The SMILES string of the molecule is NC(=O)c1ccc(OCC(=O)NCc2ccc(CN3CCc4ccccc43)cc2)cc1. The zero-order valence-corrected chi connectivity index (χ0v) is 17.2. The Morgan fingerprint density at radius 2 is 1.65 bits per heavy atom. The van der Waals surface area contributed by atoms with Gasteiger partial charge in [-0.2, -0.15) is 0 Å². The number of primary amides is 1. The van der Waals surface area contributed by atoms with Crippen molar-refractivity contribution in [3.8, 4) is 5.75 Å². The Morgan fingerprint density at radius 1 is 0.935 bits per heavy atom. The lowest BCUT2D eigenvalue weighted by Crippen LogP contribution is -2.28. The Bertz CT molecular complexity index is 1060. The molecule has 3 N–H and O–H groups in total. The third-order valence-electron chi connectivity index (χ3n) is 5.38. The number of nitrogens with one attached hydrogen (secondary N) is 1. The predicted octanol–water partition coefficient (Wildman–Crippen LogP) is 3.04. The molecule has 1 heterocycles. The van der Waals surface area contributed by atoms with Crippen LogP contribution in [0.5, 0.6) is 5.75 Å². The minimum atomic E-state index is -0.499. The number of nitrogens with two attached hydrogens (primary N) is 1. The minimum Gasteiger partial charge on any atom is -0.484 e. The summed E-state index contributed by atoms with van der Waals surface area (Å²) in [5.74, 6) is -0.203. The van der Waals surface area contributed by atoms with Gasteiger partial charge in [0, 0.05) is 30.9 Å². The fourth-order valence-electron chi connectivity index (χ4n) is 3.67. The Morgan fingerprint density at radius 3 is 2.39 bits per heavy atom. The van der Waals surface area contributed by atoms with Crippen LogP contribution in [-0.4, -0.2) is 25.0 Å². The van der Waals surface area contributed by atoms with Crippen LogP contribution in [0.1, 0.15) is 27.0 Å². The number of anilines is 1. The second-order valence-electron chi connectivity index (χ2n) is 7.57. The molecule has 4 rings (SSSR count). The van der Waals surface area contributed by atoms with Gasteiger partial charge in [0.2, 0.25) is 5.91 Å². The van der Waals surface area contributed by atoms with Crippen molar-refractivity contribution in [2.45, 2.75) is 19.5 Å². The van der Waals surface area contributed by atoms with Crippen LogP contribution < -0.4 is 20.7 Å². The number of ether oxygens (including phenoxy) is 1. The molecule has 0 bridgehead atoms. The molecule has 0 aliphatic carbocycles. The summed E-state index contributed by atoms with van der Waals surface area (Å²) in [6.07, 6.45) is 1.09. The maximum atomic E-state index is 12.1. The summed E-state index contributed by atoms with van der Waals surface area (Å²) in [5, 5.41) is 2.86. The highest BCUT2D eigenvalue weighted by atomic mass is 16.5. The molecule has 0 spiro atoms. The highest BCUT2D eigenvalue weighted by molar-refractivity contribution is 5.92. The van der Waals surface area contributed by atoms with Gasteiger partial charge < -0.3 is 20.7 Å². The molecule has 0 unspecified atom stereocenters. The van der Waals surface area contributed by atoms with Crippen molar-refractivity contribution in [3.05, 3.63) is 95.1 Å². The number of hydrogen-bond donors (Lipinski definition) is 2. The molecule has 1 aliphatic heterocycles. The monoisotopic (exact) mass is 415 g/mol. The number of fused-ring (bicyclic) bond motifs is 1. The predicted molar refractivity (Wildman–Crippen MR) is 120 cm³/mol. The molecule has 1 aliphatic rings. The lowest BCUT2D eigenvalue weighted by atomic mass is 10.1. The summed E-state index contributed by atoms with van der Waals surface area (Å²) < 4.78 is 5.44. The van der Waals surface area contributed by atoms with Crippen molar-refractivity contribution in [3.63, 3.8) is 0 Å². The van der Waals surface area contributed by atoms with E-state index in [1.54, 1.807) is 24.3 Å². The standard InChI is InChI=1S/C25H25N3O3/c26-25(30)21-9-11-22(12-10-21)31-17-24(29)27-15-18-5-7-19(8-6-18)16-28-14-13-20-3-1-2-4-23(20)28/h1-12H,13-17H2,(H2,26,30)(H,27,29). The number of hydrogen-bond acceptors (Lipinski definition) is 4. The molecule has 0 saturated heterocycles. The van der Waals surface area contributed by atoms with E-state index in [2.05, 4.69) is 46.6 Å². The Kier molecular flexibility index (Phi) is 6.17. The maximum absolute atomic E-state index is 12.1. The van der Waals surface area contributed by atoms with Crippen molar-refractivity contribution >= 4 is 17.5 Å². The number of nitrogens with zero attached hydrogens (tertiary/aromatic N) is 1. The lowest BCUT2D eigenvalue weighted by molar-refractivity contribution is -0.123. The van der Waals surface area contributed by atoms with E-state index in [1.165, 1.54) is 16.8 Å². The maximum Gasteiger partial charge on any atom is 0.258 e. The molecule has 3 aromatic rings. The summed E-state index contributed by atoms with van der Waals surface area (Å²) in [5.41, 5.74) is 10.6. The molecule has 6 heteroatoms. The largest absolute Gasteiger partial charge is 0.484 e. The molecule has 0 aromatic heterocycles. The van der Waals surface area contributed by atoms with E-state index >= 15 is 0 Å². The molecule has 158 valence electrons. The minimum absolute atomic E-state index is 0.0949. The fraction of sp³-hybridized carbons (Fsp3) is 0.200. The van der Waals surface area contributed by atoms with Gasteiger partial charge >= 0.3 is 0 Å². The second-order valence-corrected chi connectivity index (χ2v) is 7.57. The summed E-state index contributed by atoms with van der Waals surface area (Å²) in [6, 6.07) is 23.2. The molecule has 0 saturated carbocycles. The third kappa shape index (κ3) is 5.22. The summed E-state index contributed by atoms with van der Waals surface area (Å²) in [4.78, 5) is 25.5. The number of carbonyl (C=O) groups is 2. The third-order valence-corrected chi connectivity index (χ3v) is 5.38. The van der Waals surface area contributed by atoms with Crippen LogP contribution in [0.4, 0.5) is 5.69 Å². The van der Waals surface area contributed by atoms with E-state index in [0.29, 0.717) is 17.9 Å². The van der Waals surface area contributed by atoms with E-state index in [1.807, 2.05) is 12.1 Å². The number of benzene rings is 3. The van der Waals surface area contributed by atoms with Gasteiger partial charge in [0.1, 0.15) is 5.75 Å². The topological polar surface area (TPSA) is 84.7 Å². The van der Waals surface area contributed by atoms with Crippen molar-refractivity contribution in [2.24, 2.45) is 5.73 Å². The molecular formula is C25H25N3O3. The molecule has 0 radical (unpaired) electrons. The van der Waals surface area contributed by atoms with Gasteiger partial charge in [-0.1, -0.05) is 42.5 Å². The van der Waals surface area contributed by atoms with Gasteiger partial charge in [-0.15, -0.1) is 0 Å². The molecule has 3 aromatic carbocycles. The first-order valence-electron chi connectivity index (χ1n) is 10.3. The van der Waals surface area contributed by atoms with E-state index < -0.39 is 5.91 Å². The van der Waals surface area contributed by atoms with Crippen LogP contribution in [-0.2, 0) is 24.3 Å². The summed E-state index contributed by atoms with van der Waals surface area (Å²) in [7, 11) is 0. The lowest BCUT2D eigenvalue weighted by Gasteiger charge is -2.19. The van der Waals surface area contributed by atoms with Crippen LogP contribution in [0.25, 0.3) is 0 Å². The van der Waals surface area contributed by atoms with Crippen LogP contribution in [0.3, 0.4) is 0 Å². The van der Waals surface area contributed by atoms with E-state index in [0.717, 1.165) is 25.1 Å². The summed E-state index contributed by atoms with van der Waals surface area (Å²) in [6.45, 7) is 2.27. The van der Waals surface area contributed by atoms with Gasteiger partial charge in [-0.05, 0) is 53.4 Å². The molecule has 31 heavy (non-hydrogen) atoms. The first-order valence-corrected chi connectivity index (χ1v) is 10.3. The number of carbonyl (C=O) groups excluding carboxylic acids is 2. The highest BCUT2D eigenvalue weighted by Crippen LogP contribution is 2.28. The van der Waals surface area contributed by atoms with Gasteiger partial charge in [0.25, 0.3) is 5.91 Å². The number of rotatable bonds is 8. The Balaban J connectivity index is 1.23. The van der Waals surface area contributed by atoms with Crippen molar-refractivity contribution in [1.82, 2.24) is 5.32 Å². The molecular weight excluding hydrogens is 390 g/mol. The second kappa shape index (κ2) is 9.34. The van der Waals surface area contributed by atoms with Crippen LogP contribution in [0.15, 0.2) is 72.8 Å². The first kappa shape index (κ1) is 20.5. The van der Waals surface area contributed by atoms with Crippen molar-refractivity contribution in [1.29, 1.82) is 0 Å². The van der Waals surface area contributed by atoms with E-state index in [9.17, 15) is 9.59 Å². The average Bonchev–Trinajstić information content (AvgIpc) is 3.20. The van der Waals surface area contributed by atoms with Crippen molar-refractivity contribution in [2.75, 3.05) is 18.1 Å². The smallest absolute Gasteiger partial charge is 0.258 e. The molecule has 6 nitrogen and oxygen atoms in total. The zero-order chi connectivity index (χ0) is 21.6. The fourth-order valence-corrected chi connectivity index (χ4v) is 3.67. The zero-order valence-electron chi connectivity index (χ0n) is 17.2. The van der Waals surface area contributed by atoms with Crippen LogP contribution in [0.2, 0.25) is 0 Å². The quantitative estimate of drug-likeness (QED) is 0.592. The number of amides is 2. The first-order chi connectivity index (χ1) is 15.1. The van der Waals surface area contributed by atoms with Gasteiger partial charge in [-0.3, -0.25) is 9.59 Å². The Hall–Kier alpha value is -3.80. The Labute approximate surface area is 181 Å². The van der Waals surface area contributed by atoms with Crippen molar-refractivity contribution < 1.29 is 14.3 Å². The van der Waals surface area contributed by atoms with E-state index in [4.69, 9.17) is 10.5 Å². The highest BCUT2D eigenvalue weighted by Gasteiger charge is 2.18. The normalized spacial score (nSPS) is 12.3. The van der Waals surface area contributed by atoms with E-state index in [-0.39, 0.29) is 12.5 Å². The van der Waals surface area contributed by atoms with Gasteiger partial charge in [-0.25, -0.2) is 0 Å². The number of para-hydroxylation sites is 1. The summed E-state index contributed by atoms with van der Waals surface area (Å²) >= 11 is 0. The molecule has 0 fully saturated rings. The molecule has 0 atom stereocenters. The van der Waals surface area contributed by atoms with Crippen LogP contribution in [0, 0.1) is 0 Å². The molecule has 2 amide bonds. The van der Waals surface area contributed by atoms with Crippen LogP contribution >= 0.6 is 0 Å². The van der Waals surface area contributed by atoms with Gasteiger partial charge in [0.05, 0.1) is 0 Å². The van der Waals surface area contributed by atoms with Gasteiger partial charge in [0.15, 0.2) is 6.61 Å².